The van der Waals surface area contributed by atoms with Crippen molar-refractivity contribution in [3.63, 3.8) is 0 Å². The van der Waals surface area contributed by atoms with Gasteiger partial charge in [0.2, 0.25) is 11.7 Å². The minimum absolute atomic E-state index is 0.146. The zero-order valence-electron chi connectivity index (χ0n) is 14.2. The highest BCUT2D eigenvalue weighted by molar-refractivity contribution is 5.94. The minimum Gasteiger partial charge on any atom is -0.481 e. The number of ether oxygens (including phenoxy) is 1. The van der Waals surface area contributed by atoms with Crippen LogP contribution in [0.15, 0.2) is 53.1 Å². The molecule has 0 bridgehead atoms. The first kappa shape index (κ1) is 17.2. The predicted molar refractivity (Wildman–Crippen MR) is 96.4 cm³/mol. The minimum atomic E-state index is -0.247. The third-order valence-electron chi connectivity index (χ3n) is 3.62. The molecule has 1 N–H and O–H groups in total. The average Bonchev–Trinajstić information content (AvgIpc) is 3.14. The Morgan fingerprint density at radius 1 is 1.19 bits per heavy atom. The molecule has 0 fully saturated rings. The summed E-state index contributed by atoms with van der Waals surface area (Å²) in [6.45, 7) is 2.34. The number of carbonyl (C=O) groups excluding carboxylic acids is 1. The van der Waals surface area contributed by atoms with Crippen LogP contribution in [-0.4, -0.2) is 22.7 Å². The molecule has 0 aliphatic rings. The van der Waals surface area contributed by atoms with Crippen molar-refractivity contribution in [1.29, 1.82) is 0 Å². The van der Waals surface area contributed by atoms with Gasteiger partial charge in [0.05, 0.1) is 6.54 Å². The third kappa shape index (κ3) is 4.28. The quantitative estimate of drug-likeness (QED) is 0.694. The molecule has 0 aliphatic carbocycles. The Bertz CT molecular complexity index is 922. The Morgan fingerprint density at radius 2 is 1.92 bits per heavy atom. The highest BCUT2D eigenvalue weighted by atomic mass is 16.5. The van der Waals surface area contributed by atoms with Crippen molar-refractivity contribution in [3.05, 3.63) is 65.5 Å². The Balaban J connectivity index is 1.58. The summed E-state index contributed by atoms with van der Waals surface area (Å²) in [4.78, 5) is 16.5. The lowest BCUT2D eigenvalue weighted by molar-refractivity contribution is 0.0946. The molecule has 0 radical (unpaired) electrons. The molecule has 3 rings (SSSR count). The van der Waals surface area contributed by atoms with Gasteiger partial charge in [-0.15, -0.1) is 6.42 Å². The second-order valence-corrected chi connectivity index (χ2v) is 5.58. The first-order valence-corrected chi connectivity index (χ1v) is 8.00. The van der Waals surface area contributed by atoms with E-state index in [0.29, 0.717) is 23.0 Å². The fraction of sp³-hybridized carbons (Fsp3) is 0.150. The zero-order chi connectivity index (χ0) is 18.4. The number of aromatic nitrogens is 2. The van der Waals surface area contributed by atoms with E-state index in [1.54, 1.807) is 24.3 Å². The van der Waals surface area contributed by atoms with Crippen molar-refractivity contribution in [1.82, 2.24) is 15.5 Å². The fourth-order valence-electron chi connectivity index (χ4n) is 2.23. The van der Waals surface area contributed by atoms with E-state index < -0.39 is 0 Å². The summed E-state index contributed by atoms with van der Waals surface area (Å²) < 4.78 is 10.5. The summed E-state index contributed by atoms with van der Waals surface area (Å²) in [5.74, 6) is 3.57. The largest absolute Gasteiger partial charge is 0.481 e. The number of rotatable bonds is 6. The van der Waals surface area contributed by atoms with E-state index in [9.17, 15) is 4.79 Å². The molecule has 0 saturated heterocycles. The van der Waals surface area contributed by atoms with E-state index in [1.807, 2.05) is 31.2 Å². The molecule has 1 heterocycles. The first-order valence-electron chi connectivity index (χ1n) is 8.00. The molecule has 26 heavy (non-hydrogen) atoms. The van der Waals surface area contributed by atoms with Gasteiger partial charge in [0.25, 0.3) is 5.91 Å². The van der Waals surface area contributed by atoms with Gasteiger partial charge < -0.3 is 14.6 Å². The molecule has 0 saturated carbocycles. The van der Waals surface area contributed by atoms with Crippen LogP contribution < -0.4 is 10.1 Å². The summed E-state index contributed by atoms with van der Waals surface area (Å²) in [5.41, 5.74) is 2.51. The van der Waals surface area contributed by atoms with Crippen LogP contribution in [0, 0.1) is 19.3 Å². The summed E-state index contributed by atoms with van der Waals surface area (Å²) in [6, 6.07) is 14.5. The van der Waals surface area contributed by atoms with Crippen molar-refractivity contribution in [2.45, 2.75) is 13.5 Å². The lowest BCUT2D eigenvalue weighted by Crippen LogP contribution is -2.22. The summed E-state index contributed by atoms with van der Waals surface area (Å²) in [5, 5.41) is 6.68. The van der Waals surface area contributed by atoms with Crippen LogP contribution in [0.3, 0.4) is 0 Å². The zero-order valence-corrected chi connectivity index (χ0v) is 14.2. The topological polar surface area (TPSA) is 77.2 Å². The first-order chi connectivity index (χ1) is 12.7. The molecule has 0 aliphatic heterocycles. The van der Waals surface area contributed by atoms with E-state index in [1.165, 1.54) is 0 Å². The number of hydrogen-bond acceptors (Lipinski definition) is 5. The molecule has 1 aromatic heterocycles. The number of hydrogen-bond donors (Lipinski definition) is 1. The van der Waals surface area contributed by atoms with Gasteiger partial charge in [-0.25, -0.2) is 0 Å². The van der Waals surface area contributed by atoms with Crippen molar-refractivity contribution >= 4 is 5.91 Å². The van der Waals surface area contributed by atoms with Gasteiger partial charge in [-0.1, -0.05) is 40.9 Å². The fourth-order valence-corrected chi connectivity index (χ4v) is 2.23. The summed E-state index contributed by atoms with van der Waals surface area (Å²) in [7, 11) is 0. The van der Waals surface area contributed by atoms with Crippen LogP contribution in [0.4, 0.5) is 0 Å². The number of nitrogens with zero attached hydrogens (tertiary/aromatic N) is 2. The predicted octanol–water partition coefficient (Wildman–Crippen LogP) is 2.99. The molecule has 0 spiro atoms. The Morgan fingerprint density at radius 3 is 2.62 bits per heavy atom. The molecule has 3 aromatic rings. The smallest absolute Gasteiger partial charge is 0.251 e. The second kappa shape index (κ2) is 7.99. The van der Waals surface area contributed by atoms with Gasteiger partial charge in [0.15, 0.2) is 0 Å². The van der Waals surface area contributed by atoms with Crippen LogP contribution in [0.25, 0.3) is 11.4 Å². The maximum Gasteiger partial charge on any atom is 0.251 e. The van der Waals surface area contributed by atoms with Crippen LogP contribution in [0.1, 0.15) is 21.8 Å². The van der Waals surface area contributed by atoms with Gasteiger partial charge in [-0.2, -0.15) is 4.98 Å². The number of carbonyl (C=O) groups is 1. The Labute approximate surface area is 151 Å². The molecular weight excluding hydrogens is 330 g/mol. The summed E-state index contributed by atoms with van der Waals surface area (Å²) in [6.07, 6.45) is 5.14. The van der Waals surface area contributed by atoms with Crippen molar-refractivity contribution in [3.8, 4) is 29.5 Å². The molecule has 2 aromatic carbocycles. The van der Waals surface area contributed by atoms with Gasteiger partial charge in [-0.3, -0.25) is 4.79 Å². The number of benzene rings is 2. The Kier molecular flexibility index (Phi) is 5.30. The molecular formula is C20H17N3O3. The molecule has 6 nitrogen and oxygen atoms in total. The number of terminal acetylenes is 1. The molecule has 130 valence electrons. The van der Waals surface area contributed by atoms with Gasteiger partial charge in [-0.05, 0) is 31.2 Å². The lowest BCUT2D eigenvalue weighted by atomic mass is 10.1. The van der Waals surface area contributed by atoms with Crippen molar-refractivity contribution < 1.29 is 14.1 Å². The van der Waals surface area contributed by atoms with Gasteiger partial charge >= 0.3 is 0 Å². The SMILES string of the molecule is C#CCOc1ccc(C(=O)NCc2nc(-c3ccc(C)cc3)no2)cc1. The number of nitrogens with one attached hydrogen (secondary N) is 1. The normalized spacial score (nSPS) is 10.2. The van der Waals surface area contributed by atoms with E-state index in [0.717, 1.165) is 11.1 Å². The molecule has 0 atom stereocenters. The van der Waals surface area contributed by atoms with Crippen LogP contribution in [0.2, 0.25) is 0 Å². The Hall–Kier alpha value is -3.59. The number of amides is 1. The summed E-state index contributed by atoms with van der Waals surface area (Å²) >= 11 is 0. The molecule has 1 amide bonds. The highest BCUT2D eigenvalue weighted by Gasteiger charge is 2.11. The van der Waals surface area contributed by atoms with E-state index in [2.05, 4.69) is 21.4 Å². The van der Waals surface area contributed by atoms with Gasteiger partial charge in [0.1, 0.15) is 12.4 Å². The monoisotopic (exact) mass is 347 g/mol. The van der Waals surface area contributed by atoms with Gasteiger partial charge in [0, 0.05) is 11.1 Å². The van der Waals surface area contributed by atoms with Crippen molar-refractivity contribution in [2.75, 3.05) is 6.61 Å². The molecule has 0 unspecified atom stereocenters. The van der Waals surface area contributed by atoms with E-state index in [-0.39, 0.29) is 19.1 Å². The second-order valence-electron chi connectivity index (χ2n) is 5.58. The highest BCUT2D eigenvalue weighted by Crippen LogP contribution is 2.16. The van der Waals surface area contributed by atoms with Crippen LogP contribution in [0.5, 0.6) is 5.75 Å². The average molecular weight is 347 g/mol. The third-order valence-corrected chi connectivity index (χ3v) is 3.62. The van der Waals surface area contributed by atoms with E-state index >= 15 is 0 Å². The number of aryl methyl sites for hydroxylation is 1. The molecule has 6 heteroatoms. The lowest BCUT2D eigenvalue weighted by Gasteiger charge is -2.05. The van der Waals surface area contributed by atoms with Crippen LogP contribution in [-0.2, 0) is 6.54 Å². The maximum atomic E-state index is 12.2. The van der Waals surface area contributed by atoms with Crippen molar-refractivity contribution in [2.24, 2.45) is 0 Å². The van der Waals surface area contributed by atoms with E-state index in [4.69, 9.17) is 15.7 Å². The van der Waals surface area contributed by atoms with Crippen LogP contribution >= 0.6 is 0 Å². The maximum absolute atomic E-state index is 12.2. The standard InChI is InChI=1S/C20H17N3O3/c1-3-12-25-17-10-8-16(9-11-17)20(24)21-13-18-22-19(23-26-18)15-6-4-14(2)5-7-15/h1,4-11H,12-13H2,2H3,(H,21,24).